The summed E-state index contributed by atoms with van der Waals surface area (Å²) in [4.78, 5) is 4.77. The molecular weight excluding hydrogens is 292 g/mol. The minimum Gasteiger partial charge on any atom is -0.309 e. The van der Waals surface area contributed by atoms with E-state index in [1.54, 1.807) is 0 Å². The summed E-state index contributed by atoms with van der Waals surface area (Å²) in [6, 6.07) is 21.7. The number of rotatable bonds is 10. The van der Waals surface area contributed by atoms with Crippen LogP contribution in [0.5, 0.6) is 0 Å². The molecule has 0 fully saturated rings. The van der Waals surface area contributed by atoms with Gasteiger partial charge in [-0.05, 0) is 64.0 Å². The molecule has 0 bridgehead atoms. The maximum atomic E-state index is 2.46. The SMILES string of the molecule is CN(C)CC(CCCN(C)CCc1ccccc1)c1ccccc1. The molecule has 2 heteroatoms. The van der Waals surface area contributed by atoms with Crippen LogP contribution >= 0.6 is 0 Å². The summed E-state index contributed by atoms with van der Waals surface area (Å²) in [5.74, 6) is 0.628. The first kappa shape index (κ1) is 18.7. The topological polar surface area (TPSA) is 6.48 Å². The van der Waals surface area contributed by atoms with Crippen molar-refractivity contribution in [1.82, 2.24) is 9.80 Å². The summed E-state index contributed by atoms with van der Waals surface area (Å²) in [5.41, 5.74) is 2.90. The largest absolute Gasteiger partial charge is 0.309 e. The molecule has 0 aliphatic carbocycles. The molecule has 0 N–H and O–H groups in total. The number of hydrogen-bond acceptors (Lipinski definition) is 2. The molecule has 0 amide bonds. The lowest BCUT2D eigenvalue weighted by molar-refractivity contribution is 0.309. The van der Waals surface area contributed by atoms with Gasteiger partial charge in [-0.15, -0.1) is 0 Å². The van der Waals surface area contributed by atoms with E-state index in [4.69, 9.17) is 0 Å². The fourth-order valence-corrected chi connectivity index (χ4v) is 3.21. The Labute approximate surface area is 148 Å². The van der Waals surface area contributed by atoms with Gasteiger partial charge in [0.2, 0.25) is 0 Å². The van der Waals surface area contributed by atoms with Crippen molar-refractivity contribution in [2.45, 2.75) is 25.2 Å². The second-order valence-corrected chi connectivity index (χ2v) is 7.05. The third-order valence-electron chi connectivity index (χ3n) is 4.57. The van der Waals surface area contributed by atoms with E-state index in [0.29, 0.717) is 5.92 Å². The van der Waals surface area contributed by atoms with Crippen molar-refractivity contribution in [3.05, 3.63) is 71.8 Å². The molecule has 130 valence electrons. The van der Waals surface area contributed by atoms with E-state index in [1.807, 2.05) is 0 Å². The van der Waals surface area contributed by atoms with Gasteiger partial charge < -0.3 is 9.80 Å². The highest BCUT2D eigenvalue weighted by atomic mass is 15.1. The molecule has 0 heterocycles. The lowest BCUT2D eigenvalue weighted by atomic mass is 9.93. The van der Waals surface area contributed by atoms with Gasteiger partial charge in [0.15, 0.2) is 0 Å². The summed E-state index contributed by atoms with van der Waals surface area (Å²) in [6.45, 7) is 3.43. The van der Waals surface area contributed by atoms with E-state index in [-0.39, 0.29) is 0 Å². The Morgan fingerprint density at radius 1 is 0.792 bits per heavy atom. The van der Waals surface area contributed by atoms with Crippen molar-refractivity contribution in [2.24, 2.45) is 0 Å². The van der Waals surface area contributed by atoms with Gasteiger partial charge in [-0.25, -0.2) is 0 Å². The van der Waals surface area contributed by atoms with E-state index in [2.05, 4.69) is 91.6 Å². The molecule has 1 atom stereocenters. The first-order valence-corrected chi connectivity index (χ1v) is 9.07. The average Bonchev–Trinajstić information content (AvgIpc) is 2.60. The summed E-state index contributed by atoms with van der Waals surface area (Å²) in [6.07, 6.45) is 3.63. The molecule has 0 radical (unpaired) electrons. The van der Waals surface area contributed by atoms with Crippen molar-refractivity contribution in [3.8, 4) is 0 Å². The fraction of sp³-hybridized carbons (Fsp3) is 0.455. The van der Waals surface area contributed by atoms with Crippen LogP contribution < -0.4 is 0 Å². The lowest BCUT2D eigenvalue weighted by Gasteiger charge is -2.23. The average molecular weight is 325 g/mol. The van der Waals surface area contributed by atoms with Crippen LogP contribution in [0.3, 0.4) is 0 Å². The second-order valence-electron chi connectivity index (χ2n) is 7.05. The molecule has 2 nitrogen and oxygen atoms in total. The molecule has 0 aliphatic heterocycles. The molecule has 0 aromatic heterocycles. The summed E-state index contributed by atoms with van der Waals surface area (Å²) < 4.78 is 0. The lowest BCUT2D eigenvalue weighted by Crippen LogP contribution is -2.24. The van der Waals surface area contributed by atoms with Gasteiger partial charge in [0, 0.05) is 13.1 Å². The van der Waals surface area contributed by atoms with Crippen molar-refractivity contribution < 1.29 is 0 Å². The minimum atomic E-state index is 0.628. The summed E-state index contributed by atoms with van der Waals surface area (Å²) in [5, 5.41) is 0. The van der Waals surface area contributed by atoms with Gasteiger partial charge in [-0.3, -0.25) is 0 Å². The maximum Gasteiger partial charge on any atom is 0.00442 e. The van der Waals surface area contributed by atoms with Crippen molar-refractivity contribution >= 4 is 0 Å². The van der Waals surface area contributed by atoms with E-state index >= 15 is 0 Å². The number of benzene rings is 2. The van der Waals surface area contributed by atoms with Crippen molar-refractivity contribution in [1.29, 1.82) is 0 Å². The maximum absolute atomic E-state index is 2.46. The first-order valence-electron chi connectivity index (χ1n) is 9.07. The predicted octanol–water partition coefficient (Wildman–Crippen LogP) is 4.29. The molecule has 0 saturated carbocycles. The van der Waals surface area contributed by atoms with Gasteiger partial charge in [0.25, 0.3) is 0 Å². The van der Waals surface area contributed by atoms with Gasteiger partial charge >= 0.3 is 0 Å². The second kappa shape index (κ2) is 10.3. The fourth-order valence-electron chi connectivity index (χ4n) is 3.21. The van der Waals surface area contributed by atoms with Gasteiger partial charge in [0.1, 0.15) is 0 Å². The molecule has 2 rings (SSSR count). The molecule has 2 aromatic carbocycles. The molecule has 0 saturated heterocycles. The van der Waals surface area contributed by atoms with Crippen LogP contribution in [0, 0.1) is 0 Å². The normalized spacial score (nSPS) is 12.7. The minimum absolute atomic E-state index is 0.628. The Hall–Kier alpha value is -1.64. The predicted molar refractivity (Wildman–Crippen MR) is 105 cm³/mol. The van der Waals surface area contributed by atoms with Crippen LogP contribution in [0.1, 0.15) is 29.9 Å². The Morgan fingerprint density at radius 3 is 2.04 bits per heavy atom. The third kappa shape index (κ3) is 6.86. The standard InChI is InChI=1S/C22H32N2/c1-23(2)19-22(21-13-8-5-9-14-21)15-10-17-24(3)18-16-20-11-6-4-7-12-20/h4-9,11-14,22H,10,15-19H2,1-3H3. The van der Waals surface area contributed by atoms with E-state index < -0.39 is 0 Å². The smallest absolute Gasteiger partial charge is 0.00442 e. The zero-order valence-electron chi connectivity index (χ0n) is 15.5. The zero-order valence-corrected chi connectivity index (χ0v) is 15.5. The Morgan fingerprint density at radius 2 is 1.42 bits per heavy atom. The molecule has 24 heavy (non-hydrogen) atoms. The van der Waals surface area contributed by atoms with E-state index in [1.165, 1.54) is 30.5 Å². The van der Waals surface area contributed by atoms with Gasteiger partial charge in [-0.1, -0.05) is 60.7 Å². The molecular formula is C22H32N2. The Bertz CT molecular complexity index is 551. The van der Waals surface area contributed by atoms with E-state index in [0.717, 1.165) is 19.5 Å². The molecule has 0 aliphatic rings. The quantitative estimate of drug-likeness (QED) is 0.643. The summed E-state index contributed by atoms with van der Waals surface area (Å²) >= 11 is 0. The summed E-state index contributed by atoms with van der Waals surface area (Å²) in [7, 11) is 6.58. The number of nitrogens with zero attached hydrogens (tertiary/aromatic N) is 2. The Balaban J connectivity index is 1.75. The first-order chi connectivity index (χ1) is 11.6. The Kier molecular flexibility index (Phi) is 8.00. The van der Waals surface area contributed by atoms with Crippen molar-refractivity contribution in [2.75, 3.05) is 40.8 Å². The van der Waals surface area contributed by atoms with Crippen molar-refractivity contribution in [3.63, 3.8) is 0 Å². The molecule has 2 aromatic rings. The van der Waals surface area contributed by atoms with Crippen LogP contribution in [-0.2, 0) is 6.42 Å². The third-order valence-corrected chi connectivity index (χ3v) is 4.57. The highest BCUT2D eigenvalue weighted by Crippen LogP contribution is 2.22. The van der Waals surface area contributed by atoms with Crippen LogP contribution in [0.2, 0.25) is 0 Å². The van der Waals surface area contributed by atoms with Crippen LogP contribution in [0.4, 0.5) is 0 Å². The zero-order chi connectivity index (χ0) is 17.2. The monoisotopic (exact) mass is 324 g/mol. The number of likely N-dealkylation sites (N-methyl/N-ethyl adjacent to an activating group) is 2. The van der Waals surface area contributed by atoms with Gasteiger partial charge in [0.05, 0.1) is 0 Å². The highest BCUT2D eigenvalue weighted by molar-refractivity contribution is 5.20. The van der Waals surface area contributed by atoms with Crippen LogP contribution in [0.25, 0.3) is 0 Å². The molecule has 1 unspecified atom stereocenters. The highest BCUT2D eigenvalue weighted by Gasteiger charge is 2.12. The molecule has 0 spiro atoms. The van der Waals surface area contributed by atoms with E-state index in [9.17, 15) is 0 Å². The van der Waals surface area contributed by atoms with Crippen LogP contribution in [-0.4, -0.2) is 50.6 Å². The van der Waals surface area contributed by atoms with Crippen LogP contribution in [0.15, 0.2) is 60.7 Å². The van der Waals surface area contributed by atoms with Gasteiger partial charge in [-0.2, -0.15) is 0 Å². The number of hydrogen-bond donors (Lipinski definition) is 0.